The lowest BCUT2D eigenvalue weighted by atomic mass is 9.90. The van der Waals surface area contributed by atoms with E-state index in [1.54, 1.807) is 0 Å². The SMILES string of the molecule is CC[C@@H](C1=NOCC1)c1cc(C(F)(F)F)ncc1Cl. The van der Waals surface area contributed by atoms with Crippen LogP contribution in [0.1, 0.15) is 36.9 Å². The van der Waals surface area contributed by atoms with Crippen molar-refractivity contribution in [1.29, 1.82) is 0 Å². The van der Waals surface area contributed by atoms with E-state index in [1.165, 1.54) is 0 Å². The quantitative estimate of drug-likeness (QED) is 0.843. The van der Waals surface area contributed by atoms with Crippen molar-refractivity contribution >= 4 is 17.3 Å². The van der Waals surface area contributed by atoms with Gasteiger partial charge in [0.15, 0.2) is 0 Å². The third-order valence-electron chi connectivity index (χ3n) is 2.99. The molecule has 0 saturated heterocycles. The largest absolute Gasteiger partial charge is 0.433 e. The van der Waals surface area contributed by atoms with Gasteiger partial charge in [-0.25, -0.2) is 0 Å². The molecule has 2 rings (SSSR count). The van der Waals surface area contributed by atoms with Gasteiger partial charge < -0.3 is 4.84 Å². The maximum atomic E-state index is 12.7. The Kier molecular flexibility index (Phi) is 3.99. The van der Waals surface area contributed by atoms with Crippen LogP contribution in [-0.4, -0.2) is 17.3 Å². The summed E-state index contributed by atoms with van der Waals surface area (Å²) < 4.78 is 38.1. The molecular weight excluding hydrogens is 281 g/mol. The van der Waals surface area contributed by atoms with Crippen LogP contribution in [0.15, 0.2) is 17.4 Å². The Bertz CT molecular complexity index is 502. The van der Waals surface area contributed by atoms with Crippen molar-refractivity contribution in [3.05, 3.63) is 28.5 Å². The van der Waals surface area contributed by atoms with Crippen molar-refractivity contribution in [3.8, 4) is 0 Å². The van der Waals surface area contributed by atoms with Crippen LogP contribution < -0.4 is 0 Å². The van der Waals surface area contributed by atoms with Gasteiger partial charge in [0.1, 0.15) is 12.3 Å². The summed E-state index contributed by atoms with van der Waals surface area (Å²) in [6.45, 7) is 2.33. The van der Waals surface area contributed by atoms with Gasteiger partial charge in [-0.15, -0.1) is 0 Å². The van der Waals surface area contributed by atoms with Crippen LogP contribution in [0.25, 0.3) is 0 Å². The summed E-state index contributed by atoms with van der Waals surface area (Å²) in [5.41, 5.74) is 0.185. The smallest absolute Gasteiger partial charge is 0.395 e. The van der Waals surface area contributed by atoms with Crippen LogP contribution in [0.3, 0.4) is 0 Å². The first-order valence-electron chi connectivity index (χ1n) is 5.84. The number of pyridine rings is 1. The highest BCUT2D eigenvalue weighted by atomic mass is 35.5. The van der Waals surface area contributed by atoms with E-state index in [1.807, 2.05) is 6.92 Å². The van der Waals surface area contributed by atoms with Gasteiger partial charge in [0, 0.05) is 18.5 Å². The summed E-state index contributed by atoms with van der Waals surface area (Å²) in [7, 11) is 0. The van der Waals surface area contributed by atoms with E-state index >= 15 is 0 Å². The van der Waals surface area contributed by atoms with E-state index in [0.29, 0.717) is 25.0 Å². The molecule has 19 heavy (non-hydrogen) atoms. The lowest BCUT2D eigenvalue weighted by Crippen LogP contribution is -2.14. The summed E-state index contributed by atoms with van der Waals surface area (Å²) in [6.07, 6.45) is -2.23. The van der Waals surface area contributed by atoms with Gasteiger partial charge in [-0.2, -0.15) is 13.2 Å². The molecule has 0 fully saturated rings. The molecule has 1 aliphatic heterocycles. The lowest BCUT2D eigenvalue weighted by Gasteiger charge is -2.17. The average molecular weight is 293 g/mol. The zero-order chi connectivity index (χ0) is 14.0. The molecule has 0 aromatic carbocycles. The van der Waals surface area contributed by atoms with Gasteiger partial charge in [0.05, 0.1) is 10.7 Å². The molecule has 3 nitrogen and oxygen atoms in total. The molecule has 0 unspecified atom stereocenters. The molecule has 1 aromatic rings. The number of nitrogens with zero attached hydrogens (tertiary/aromatic N) is 2. The maximum Gasteiger partial charge on any atom is 0.433 e. The highest BCUT2D eigenvalue weighted by molar-refractivity contribution is 6.31. The van der Waals surface area contributed by atoms with Crippen molar-refractivity contribution in [1.82, 2.24) is 4.98 Å². The monoisotopic (exact) mass is 292 g/mol. The summed E-state index contributed by atoms with van der Waals surface area (Å²) in [5, 5.41) is 4.09. The van der Waals surface area contributed by atoms with Crippen LogP contribution in [0.2, 0.25) is 5.02 Å². The number of halogens is 4. The first-order chi connectivity index (χ1) is 8.93. The minimum Gasteiger partial charge on any atom is -0.395 e. The molecule has 104 valence electrons. The fraction of sp³-hybridized carbons (Fsp3) is 0.500. The predicted octanol–water partition coefficient (Wildman–Crippen LogP) is 4.02. The molecule has 0 spiro atoms. The molecule has 1 aromatic heterocycles. The van der Waals surface area contributed by atoms with Crippen molar-refractivity contribution in [2.45, 2.75) is 31.9 Å². The minimum atomic E-state index is -4.48. The number of rotatable bonds is 3. The number of alkyl halides is 3. The van der Waals surface area contributed by atoms with E-state index in [4.69, 9.17) is 16.4 Å². The van der Waals surface area contributed by atoms with Crippen LogP contribution in [0, 0.1) is 0 Å². The molecular formula is C12H12ClF3N2O. The second-order valence-corrected chi connectivity index (χ2v) is 4.62. The molecule has 2 heterocycles. The van der Waals surface area contributed by atoms with Crippen LogP contribution in [0.5, 0.6) is 0 Å². The Morgan fingerprint density at radius 2 is 2.21 bits per heavy atom. The van der Waals surface area contributed by atoms with Crippen LogP contribution >= 0.6 is 11.6 Å². The van der Waals surface area contributed by atoms with E-state index in [2.05, 4.69) is 10.1 Å². The zero-order valence-electron chi connectivity index (χ0n) is 10.2. The first kappa shape index (κ1) is 14.1. The predicted molar refractivity (Wildman–Crippen MR) is 65.3 cm³/mol. The van der Waals surface area contributed by atoms with Crippen molar-refractivity contribution in [2.24, 2.45) is 5.16 Å². The molecule has 0 aliphatic carbocycles. The lowest BCUT2D eigenvalue weighted by molar-refractivity contribution is -0.141. The zero-order valence-corrected chi connectivity index (χ0v) is 10.9. The van der Waals surface area contributed by atoms with Gasteiger partial charge in [0.2, 0.25) is 0 Å². The second-order valence-electron chi connectivity index (χ2n) is 4.22. The van der Waals surface area contributed by atoms with Gasteiger partial charge in [-0.3, -0.25) is 4.98 Å². The van der Waals surface area contributed by atoms with E-state index < -0.39 is 11.9 Å². The Balaban J connectivity index is 2.41. The standard InChI is InChI=1S/C12H12ClF3N2O/c1-2-7(10-3-4-19-18-10)8-5-11(12(14,15)16)17-6-9(8)13/h5-7H,2-4H2,1H3/t7-/m1/s1. The Morgan fingerprint density at radius 1 is 1.47 bits per heavy atom. The molecule has 0 radical (unpaired) electrons. The summed E-state index contributed by atoms with van der Waals surface area (Å²) in [6, 6.07) is 0.997. The van der Waals surface area contributed by atoms with Crippen molar-refractivity contribution < 1.29 is 18.0 Å². The van der Waals surface area contributed by atoms with Gasteiger partial charge in [-0.05, 0) is 18.1 Å². The Labute approximate surface area is 113 Å². The number of hydrogen-bond acceptors (Lipinski definition) is 3. The third kappa shape index (κ3) is 3.00. The van der Waals surface area contributed by atoms with E-state index in [0.717, 1.165) is 18.0 Å². The third-order valence-corrected chi connectivity index (χ3v) is 3.31. The van der Waals surface area contributed by atoms with Gasteiger partial charge >= 0.3 is 6.18 Å². The van der Waals surface area contributed by atoms with E-state index in [-0.39, 0.29) is 10.9 Å². The Hall–Kier alpha value is -1.30. The fourth-order valence-corrected chi connectivity index (χ4v) is 2.31. The number of oxime groups is 1. The molecule has 0 bridgehead atoms. The maximum absolute atomic E-state index is 12.7. The highest BCUT2D eigenvalue weighted by Gasteiger charge is 2.34. The van der Waals surface area contributed by atoms with Crippen molar-refractivity contribution in [2.75, 3.05) is 6.61 Å². The second kappa shape index (κ2) is 5.36. The first-order valence-corrected chi connectivity index (χ1v) is 6.22. The molecule has 0 amide bonds. The highest BCUT2D eigenvalue weighted by Crippen LogP contribution is 2.35. The molecule has 1 atom stereocenters. The minimum absolute atomic E-state index is 0.217. The summed E-state index contributed by atoms with van der Waals surface area (Å²) >= 11 is 5.97. The van der Waals surface area contributed by atoms with Gasteiger partial charge in [0.25, 0.3) is 0 Å². The van der Waals surface area contributed by atoms with Crippen molar-refractivity contribution in [3.63, 3.8) is 0 Å². The summed E-state index contributed by atoms with van der Waals surface area (Å²) in [5.74, 6) is -0.265. The number of hydrogen-bond donors (Lipinski definition) is 0. The molecule has 0 saturated carbocycles. The fourth-order valence-electron chi connectivity index (χ4n) is 2.07. The number of aromatic nitrogens is 1. The topological polar surface area (TPSA) is 34.5 Å². The van der Waals surface area contributed by atoms with Crippen LogP contribution in [0.4, 0.5) is 13.2 Å². The molecule has 0 N–H and O–H groups in total. The average Bonchev–Trinajstić information content (AvgIpc) is 2.84. The van der Waals surface area contributed by atoms with Gasteiger partial charge in [-0.1, -0.05) is 23.7 Å². The van der Waals surface area contributed by atoms with E-state index in [9.17, 15) is 13.2 Å². The Morgan fingerprint density at radius 3 is 2.74 bits per heavy atom. The van der Waals surface area contributed by atoms with Crippen LogP contribution in [-0.2, 0) is 11.0 Å². The molecule has 1 aliphatic rings. The summed E-state index contributed by atoms with van der Waals surface area (Å²) in [4.78, 5) is 8.23. The normalized spacial score (nSPS) is 17.0. The molecule has 7 heteroatoms.